The Morgan fingerprint density at radius 2 is 2.20 bits per heavy atom. The first-order valence-electron chi connectivity index (χ1n) is 4.36. The number of rotatable bonds is 5. The number of carboxylic acids is 2. The normalized spacial score (nSPS) is 12.1. The van der Waals surface area contributed by atoms with E-state index in [4.69, 9.17) is 15.1 Å². The van der Waals surface area contributed by atoms with Crippen LogP contribution in [0.25, 0.3) is 0 Å². The molecule has 0 saturated carbocycles. The van der Waals surface area contributed by atoms with E-state index in [0.717, 1.165) is 4.73 Å². The summed E-state index contributed by atoms with van der Waals surface area (Å²) in [5.74, 6) is -2.29. The van der Waals surface area contributed by atoms with E-state index in [-0.39, 0.29) is 12.1 Å². The fourth-order valence-electron chi connectivity index (χ4n) is 1.05. The molecule has 1 heterocycles. The molecule has 0 spiro atoms. The summed E-state index contributed by atoms with van der Waals surface area (Å²) >= 11 is 0. The van der Waals surface area contributed by atoms with Crippen molar-refractivity contribution in [3.05, 3.63) is 24.0 Å². The quantitative estimate of drug-likeness (QED) is 0.742. The molecule has 82 valence electrons. The fourth-order valence-corrected chi connectivity index (χ4v) is 1.05. The summed E-state index contributed by atoms with van der Waals surface area (Å²) in [4.78, 5) is 26.3. The lowest BCUT2D eigenvalue weighted by atomic mass is 10.3. The lowest BCUT2D eigenvalue weighted by Crippen LogP contribution is -2.33. The van der Waals surface area contributed by atoms with Crippen molar-refractivity contribution in [1.82, 2.24) is 4.73 Å². The number of aromatic nitrogens is 1. The van der Waals surface area contributed by atoms with Gasteiger partial charge in [0.15, 0.2) is 5.69 Å². The topological polar surface area (TPSA) is 88.8 Å². The minimum absolute atomic E-state index is 0.102. The van der Waals surface area contributed by atoms with Gasteiger partial charge in [-0.25, -0.2) is 9.59 Å². The van der Waals surface area contributed by atoms with Crippen molar-refractivity contribution in [2.24, 2.45) is 0 Å². The van der Waals surface area contributed by atoms with Gasteiger partial charge in [-0.3, -0.25) is 0 Å². The highest BCUT2D eigenvalue weighted by Gasteiger charge is 2.19. The Morgan fingerprint density at radius 3 is 2.67 bits per heavy atom. The van der Waals surface area contributed by atoms with E-state index in [2.05, 4.69) is 0 Å². The van der Waals surface area contributed by atoms with Gasteiger partial charge in [-0.15, -0.1) is 0 Å². The van der Waals surface area contributed by atoms with Gasteiger partial charge >= 0.3 is 11.9 Å². The maximum Gasteiger partial charge on any atom is 0.355 e. The maximum absolute atomic E-state index is 10.7. The first kappa shape index (κ1) is 11.1. The molecule has 0 aromatic carbocycles. The van der Waals surface area contributed by atoms with Crippen molar-refractivity contribution < 1.29 is 24.6 Å². The van der Waals surface area contributed by atoms with Crippen LogP contribution in [0.4, 0.5) is 0 Å². The summed E-state index contributed by atoms with van der Waals surface area (Å²) in [6.45, 7) is 1.64. The van der Waals surface area contributed by atoms with Crippen molar-refractivity contribution in [2.45, 2.75) is 19.4 Å². The summed E-state index contributed by atoms with van der Waals surface area (Å²) < 4.78 is 0.949. The van der Waals surface area contributed by atoms with E-state index in [9.17, 15) is 9.59 Å². The standard InChI is InChI=1S/C9H11NO5/c1-2-7(9(13)14)15-10-5-3-4-6(10)8(11)12/h3-5,7H,2H2,1H3,(H,11,12)(H,13,14). The monoisotopic (exact) mass is 213 g/mol. The van der Waals surface area contributed by atoms with Crippen molar-refractivity contribution in [2.75, 3.05) is 0 Å². The molecular formula is C9H11NO5. The van der Waals surface area contributed by atoms with Gasteiger partial charge in [-0.1, -0.05) is 6.92 Å². The average Bonchev–Trinajstić information content (AvgIpc) is 2.61. The average molecular weight is 213 g/mol. The predicted molar refractivity (Wildman–Crippen MR) is 49.7 cm³/mol. The van der Waals surface area contributed by atoms with Crippen LogP contribution in [0.2, 0.25) is 0 Å². The van der Waals surface area contributed by atoms with Crippen LogP contribution in [-0.4, -0.2) is 33.0 Å². The van der Waals surface area contributed by atoms with Crippen molar-refractivity contribution in [3.63, 3.8) is 0 Å². The number of aromatic carboxylic acids is 1. The summed E-state index contributed by atoms with van der Waals surface area (Å²) in [6, 6.07) is 2.80. The molecular weight excluding hydrogens is 202 g/mol. The first-order chi connectivity index (χ1) is 7.06. The molecule has 0 bridgehead atoms. The number of carbonyl (C=O) groups is 2. The lowest BCUT2D eigenvalue weighted by Gasteiger charge is -2.14. The van der Waals surface area contributed by atoms with E-state index >= 15 is 0 Å². The third-order valence-corrected chi connectivity index (χ3v) is 1.82. The first-order valence-corrected chi connectivity index (χ1v) is 4.36. The number of aliphatic carboxylic acids is 1. The molecule has 0 aliphatic rings. The molecule has 0 saturated heterocycles. The SMILES string of the molecule is CCC(On1cccc1C(=O)O)C(=O)O. The van der Waals surface area contributed by atoms with Gasteiger partial charge in [0.2, 0.25) is 6.10 Å². The van der Waals surface area contributed by atoms with Crippen LogP contribution < -0.4 is 4.84 Å². The number of carboxylic acid groups (broad SMARTS) is 2. The van der Waals surface area contributed by atoms with Gasteiger partial charge in [0.25, 0.3) is 0 Å². The largest absolute Gasteiger partial charge is 0.478 e. The van der Waals surface area contributed by atoms with Gasteiger partial charge < -0.3 is 15.1 Å². The van der Waals surface area contributed by atoms with Crippen LogP contribution in [-0.2, 0) is 4.79 Å². The van der Waals surface area contributed by atoms with Crippen molar-refractivity contribution in [3.8, 4) is 0 Å². The molecule has 15 heavy (non-hydrogen) atoms. The smallest absolute Gasteiger partial charge is 0.355 e. The molecule has 0 radical (unpaired) electrons. The zero-order chi connectivity index (χ0) is 11.4. The Balaban J connectivity index is 2.83. The van der Waals surface area contributed by atoms with Crippen LogP contribution in [0.15, 0.2) is 18.3 Å². The van der Waals surface area contributed by atoms with E-state index in [1.807, 2.05) is 0 Å². The molecule has 1 aromatic rings. The summed E-state index contributed by atoms with van der Waals surface area (Å²) in [5, 5.41) is 17.4. The van der Waals surface area contributed by atoms with E-state index < -0.39 is 18.0 Å². The molecule has 2 N–H and O–H groups in total. The third kappa shape index (κ3) is 2.49. The van der Waals surface area contributed by atoms with E-state index in [1.165, 1.54) is 18.3 Å². The number of hydrogen-bond acceptors (Lipinski definition) is 3. The molecule has 0 aliphatic carbocycles. The zero-order valence-corrected chi connectivity index (χ0v) is 8.08. The second kappa shape index (κ2) is 4.50. The van der Waals surface area contributed by atoms with E-state index in [1.54, 1.807) is 6.92 Å². The summed E-state index contributed by atoms with van der Waals surface area (Å²) in [6.07, 6.45) is 0.567. The van der Waals surface area contributed by atoms with Gasteiger partial charge in [0.05, 0.1) is 0 Å². The molecule has 1 aromatic heterocycles. The molecule has 1 unspecified atom stereocenters. The Labute approximate surface area is 85.7 Å². The molecule has 6 nitrogen and oxygen atoms in total. The molecule has 6 heteroatoms. The Hall–Kier alpha value is -1.98. The minimum Gasteiger partial charge on any atom is -0.478 e. The maximum atomic E-state index is 10.7. The van der Waals surface area contributed by atoms with Crippen LogP contribution in [0.5, 0.6) is 0 Å². The van der Waals surface area contributed by atoms with Gasteiger partial charge in [0.1, 0.15) is 0 Å². The highest BCUT2D eigenvalue weighted by Crippen LogP contribution is 2.03. The van der Waals surface area contributed by atoms with Gasteiger partial charge in [-0.05, 0) is 18.6 Å². The van der Waals surface area contributed by atoms with Crippen LogP contribution in [0.3, 0.4) is 0 Å². The Morgan fingerprint density at radius 1 is 1.53 bits per heavy atom. The number of hydrogen-bond donors (Lipinski definition) is 2. The van der Waals surface area contributed by atoms with E-state index in [0.29, 0.717) is 0 Å². The second-order valence-corrected chi connectivity index (χ2v) is 2.86. The zero-order valence-electron chi connectivity index (χ0n) is 8.08. The Bertz CT molecular complexity index is 370. The molecule has 1 rings (SSSR count). The van der Waals surface area contributed by atoms with Crippen molar-refractivity contribution in [1.29, 1.82) is 0 Å². The van der Waals surface area contributed by atoms with Crippen LogP contribution in [0.1, 0.15) is 23.8 Å². The highest BCUT2D eigenvalue weighted by molar-refractivity contribution is 5.85. The Kier molecular flexibility index (Phi) is 3.33. The third-order valence-electron chi connectivity index (χ3n) is 1.82. The summed E-state index contributed by atoms with van der Waals surface area (Å²) in [5.41, 5.74) is -0.102. The predicted octanol–water partition coefficient (Wildman–Crippen LogP) is 0.478. The number of nitrogens with zero attached hydrogens (tertiary/aromatic N) is 1. The summed E-state index contributed by atoms with van der Waals surface area (Å²) in [7, 11) is 0. The van der Waals surface area contributed by atoms with Crippen molar-refractivity contribution >= 4 is 11.9 Å². The minimum atomic E-state index is -1.17. The van der Waals surface area contributed by atoms with Crippen LogP contribution in [0, 0.1) is 0 Å². The highest BCUT2D eigenvalue weighted by atomic mass is 16.7. The molecule has 0 fully saturated rings. The van der Waals surface area contributed by atoms with Gasteiger partial charge in [-0.2, -0.15) is 4.73 Å². The second-order valence-electron chi connectivity index (χ2n) is 2.86. The molecule has 0 amide bonds. The molecule has 1 atom stereocenters. The molecule has 0 aliphatic heterocycles. The lowest BCUT2D eigenvalue weighted by molar-refractivity contribution is -0.151. The fraction of sp³-hybridized carbons (Fsp3) is 0.333. The van der Waals surface area contributed by atoms with Gasteiger partial charge in [0, 0.05) is 6.20 Å². The van der Waals surface area contributed by atoms with Crippen LogP contribution >= 0.6 is 0 Å².